The molecule has 0 aromatic heterocycles. The lowest BCUT2D eigenvalue weighted by Gasteiger charge is -2.30. The molecule has 2 atom stereocenters. The van der Waals surface area contributed by atoms with E-state index in [0.29, 0.717) is 11.5 Å². The second-order valence-electron chi connectivity index (χ2n) is 5.80. The summed E-state index contributed by atoms with van der Waals surface area (Å²) in [5.74, 6) is 0.0747. The van der Waals surface area contributed by atoms with E-state index in [1.807, 2.05) is 30.3 Å². The van der Waals surface area contributed by atoms with E-state index in [2.05, 4.69) is 17.3 Å². The van der Waals surface area contributed by atoms with Crippen LogP contribution in [0.25, 0.3) is 0 Å². The van der Waals surface area contributed by atoms with E-state index < -0.39 is 0 Å². The van der Waals surface area contributed by atoms with Crippen molar-refractivity contribution in [3.63, 3.8) is 0 Å². The maximum Gasteiger partial charge on any atom is 0.251 e. The van der Waals surface area contributed by atoms with Crippen LogP contribution in [0.5, 0.6) is 0 Å². The monoisotopic (exact) mass is 244 g/mol. The van der Waals surface area contributed by atoms with Gasteiger partial charge in [-0.15, -0.1) is 0 Å². The van der Waals surface area contributed by atoms with Crippen molar-refractivity contribution in [3.8, 4) is 0 Å². The van der Waals surface area contributed by atoms with Crippen LogP contribution in [0.4, 0.5) is 0 Å². The zero-order valence-electron chi connectivity index (χ0n) is 10.9. The van der Waals surface area contributed by atoms with Crippen molar-refractivity contribution in [2.24, 2.45) is 5.41 Å². The molecular formula is C15H20N2O. The van der Waals surface area contributed by atoms with Crippen LogP contribution in [0.1, 0.15) is 29.6 Å². The van der Waals surface area contributed by atoms with Crippen molar-refractivity contribution < 1.29 is 4.79 Å². The third-order valence-electron chi connectivity index (χ3n) is 4.33. The van der Waals surface area contributed by atoms with Gasteiger partial charge >= 0.3 is 0 Å². The van der Waals surface area contributed by atoms with E-state index in [4.69, 9.17) is 0 Å². The number of rotatable bonds is 2. The van der Waals surface area contributed by atoms with Crippen LogP contribution in [0, 0.1) is 5.41 Å². The molecule has 1 aliphatic heterocycles. The number of hydrogen-bond donors (Lipinski definition) is 1. The Morgan fingerprint density at radius 3 is 2.89 bits per heavy atom. The Bertz CT molecular complexity index is 445. The van der Waals surface area contributed by atoms with Crippen molar-refractivity contribution in [3.05, 3.63) is 35.9 Å². The number of benzene rings is 1. The van der Waals surface area contributed by atoms with E-state index in [0.717, 1.165) is 18.5 Å². The van der Waals surface area contributed by atoms with Crippen molar-refractivity contribution in [1.82, 2.24) is 10.2 Å². The highest BCUT2D eigenvalue weighted by Gasteiger charge is 2.55. The van der Waals surface area contributed by atoms with E-state index >= 15 is 0 Å². The molecule has 3 nitrogen and oxygen atoms in total. The minimum Gasteiger partial charge on any atom is -0.349 e. The quantitative estimate of drug-likeness (QED) is 0.862. The lowest BCUT2D eigenvalue weighted by atomic mass is 9.94. The molecule has 1 saturated carbocycles. The Labute approximate surface area is 108 Å². The molecule has 1 heterocycles. The molecule has 3 rings (SSSR count). The fraction of sp³-hybridized carbons (Fsp3) is 0.533. The van der Waals surface area contributed by atoms with Gasteiger partial charge in [-0.05, 0) is 45.0 Å². The predicted octanol–water partition coefficient (Wildman–Crippen LogP) is 1.90. The maximum atomic E-state index is 12.1. The zero-order valence-corrected chi connectivity index (χ0v) is 10.9. The SMILES string of the molecule is CN1CCCC2(CC2NC(=O)c2ccccc2)C1. The van der Waals surface area contributed by atoms with E-state index in [-0.39, 0.29) is 5.91 Å². The van der Waals surface area contributed by atoms with Crippen molar-refractivity contribution in [1.29, 1.82) is 0 Å². The molecule has 0 bridgehead atoms. The molecule has 96 valence electrons. The van der Waals surface area contributed by atoms with Gasteiger partial charge in [0.15, 0.2) is 0 Å². The molecule has 1 aliphatic carbocycles. The molecule has 1 saturated heterocycles. The molecule has 1 aromatic carbocycles. The van der Waals surface area contributed by atoms with Crippen LogP contribution in [0.3, 0.4) is 0 Å². The normalized spacial score (nSPS) is 31.3. The summed E-state index contributed by atoms with van der Waals surface area (Å²) in [5.41, 5.74) is 1.14. The Kier molecular flexibility index (Phi) is 2.86. The van der Waals surface area contributed by atoms with Gasteiger partial charge in [-0.25, -0.2) is 0 Å². The first-order chi connectivity index (χ1) is 8.70. The minimum absolute atomic E-state index is 0.0747. The molecule has 2 unspecified atom stereocenters. The molecule has 1 aromatic rings. The Morgan fingerprint density at radius 2 is 2.17 bits per heavy atom. The summed E-state index contributed by atoms with van der Waals surface area (Å²) in [4.78, 5) is 14.5. The third kappa shape index (κ3) is 2.15. The van der Waals surface area contributed by atoms with Crippen LogP contribution in [-0.2, 0) is 0 Å². The summed E-state index contributed by atoms with van der Waals surface area (Å²) in [6, 6.07) is 9.88. The summed E-state index contributed by atoms with van der Waals surface area (Å²) in [7, 11) is 2.18. The smallest absolute Gasteiger partial charge is 0.251 e. The first-order valence-corrected chi connectivity index (χ1v) is 6.74. The molecule has 3 heteroatoms. The number of amides is 1. The van der Waals surface area contributed by atoms with Gasteiger partial charge in [-0.3, -0.25) is 4.79 Å². The first-order valence-electron chi connectivity index (χ1n) is 6.74. The number of carbonyl (C=O) groups is 1. The fourth-order valence-electron chi connectivity index (χ4n) is 3.23. The molecule has 1 spiro atoms. The lowest BCUT2D eigenvalue weighted by molar-refractivity contribution is 0.0935. The van der Waals surface area contributed by atoms with Crippen LogP contribution in [-0.4, -0.2) is 37.0 Å². The summed E-state index contributed by atoms with van der Waals surface area (Å²) in [6.45, 7) is 2.33. The van der Waals surface area contributed by atoms with Gasteiger partial charge in [0.25, 0.3) is 5.91 Å². The number of hydrogen-bond acceptors (Lipinski definition) is 2. The predicted molar refractivity (Wildman–Crippen MR) is 71.5 cm³/mol. The Balaban J connectivity index is 1.61. The van der Waals surface area contributed by atoms with Crippen LogP contribution in [0.15, 0.2) is 30.3 Å². The molecular weight excluding hydrogens is 224 g/mol. The molecule has 1 amide bonds. The highest BCUT2D eigenvalue weighted by Crippen LogP contribution is 2.52. The largest absolute Gasteiger partial charge is 0.349 e. The first kappa shape index (κ1) is 11.7. The van der Waals surface area contributed by atoms with Crippen molar-refractivity contribution in [2.75, 3.05) is 20.1 Å². The number of likely N-dealkylation sites (tertiary alicyclic amines) is 1. The lowest BCUT2D eigenvalue weighted by Crippen LogP contribution is -2.39. The molecule has 0 radical (unpaired) electrons. The van der Waals surface area contributed by atoms with Crippen molar-refractivity contribution in [2.45, 2.75) is 25.3 Å². The number of carbonyl (C=O) groups excluding carboxylic acids is 1. The Morgan fingerprint density at radius 1 is 1.39 bits per heavy atom. The van der Waals surface area contributed by atoms with Crippen LogP contribution in [0.2, 0.25) is 0 Å². The van der Waals surface area contributed by atoms with Gasteiger partial charge in [0, 0.05) is 23.6 Å². The fourth-order valence-corrected chi connectivity index (χ4v) is 3.23. The summed E-state index contributed by atoms with van der Waals surface area (Å²) in [6.07, 6.45) is 3.67. The molecule has 18 heavy (non-hydrogen) atoms. The standard InChI is InChI=1S/C15H20N2O/c1-17-9-5-8-15(11-17)10-13(15)16-14(18)12-6-3-2-4-7-12/h2-4,6-7,13H,5,8-11H2,1H3,(H,16,18). The van der Waals surface area contributed by atoms with Gasteiger partial charge < -0.3 is 10.2 Å². The maximum absolute atomic E-state index is 12.1. The van der Waals surface area contributed by atoms with Crippen molar-refractivity contribution >= 4 is 5.91 Å². The minimum atomic E-state index is 0.0747. The van der Waals surface area contributed by atoms with Gasteiger partial charge in [-0.2, -0.15) is 0 Å². The molecule has 1 N–H and O–H groups in total. The van der Waals surface area contributed by atoms with E-state index in [1.165, 1.54) is 19.4 Å². The highest BCUT2D eigenvalue weighted by atomic mass is 16.1. The second-order valence-corrected chi connectivity index (χ2v) is 5.80. The second kappa shape index (κ2) is 4.39. The third-order valence-corrected chi connectivity index (χ3v) is 4.33. The summed E-state index contributed by atoms with van der Waals surface area (Å²) >= 11 is 0. The number of nitrogens with zero attached hydrogens (tertiary/aromatic N) is 1. The average molecular weight is 244 g/mol. The topological polar surface area (TPSA) is 32.3 Å². The number of piperidine rings is 1. The van der Waals surface area contributed by atoms with Gasteiger partial charge in [0.1, 0.15) is 0 Å². The molecule has 2 fully saturated rings. The van der Waals surface area contributed by atoms with Crippen LogP contribution < -0.4 is 5.32 Å². The summed E-state index contributed by atoms with van der Waals surface area (Å²) in [5, 5.41) is 3.19. The van der Waals surface area contributed by atoms with Crippen LogP contribution >= 0.6 is 0 Å². The highest BCUT2D eigenvalue weighted by molar-refractivity contribution is 5.94. The number of nitrogens with one attached hydrogen (secondary N) is 1. The zero-order chi connectivity index (χ0) is 12.6. The van der Waals surface area contributed by atoms with Gasteiger partial charge in [-0.1, -0.05) is 18.2 Å². The van der Waals surface area contributed by atoms with Gasteiger partial charge in [0.05, 0.1) is 0 Å². The Hall–Kier alpha value is -1.35. The van der Waals surface area contributed by atoms with Gasteiger partial charge in [0.2, 0.25) is 0 Å². The van der Waals surface area contributed by atoms with E-state index in [9.17, 15) is 4.79 Å². The molecule has 2 aliphatic rings. The average Bonchev–Trinajstić information content (AvgIpc) is 3.01. The van der Waals surface area contributed by atoms with E-state index in [1.54, 1.807) is 0 Å². The summed E-state index contributed by atoms with van der Waals surface area (Å²) < 4.78 is 0.